The fourth-order valence-electron chi connectivity index (χ4n) is 4.61. The molecule has 0 amide bonds. The van der Waals surface area contributed by atoms with Crippen LogP contribution in [0.2, 0.25) is 0 Å². The number of piperidine rings is 1. The third-order valence-corrected chi connectivity index (χ3v) is 6.60. The number of carboxylic acids is 1. The Kier molecular flexibility index (Phi) is 5.39. The molecule has 4 rings (SSSR count). The first kappa shape index (κ1) is 20.0. The number of hydrogen-bond acceptors (Lipinski definition) is 3. The van der Waals surface area contributed by atoms with Crippen LogP contribution in [0.4, 0.5) is 0 Å². The Morgan fingerprint density at radius 3 is 2.69 bits per heavy atom. The van der Waals surface area contributed by atoms with E-state index in [2.05, 4.69) is 42.2 Å². The second-order valence-corrected chi connectivity index (χ2v) is 9.19. The summed E-state index contributed by atoms with van der Waals surface area (Å²) in [7, 11) is 0. The molecule has 0 bridgehead atoms. The number of para-hydroxylation sites is 1. The first-order valence-electron chi connectivity index (χ1n) is 10.6. The van der Waals surface area contributed by atoms with Crippen LogP contribution in [0.3, 0.4) is 0 Å². The Balaban J connectivity index is 1.56. The first-order valence-corrected chi connectivity index (χ1v) is 10.6. The van der Waals surface area contributed by atoms with E-state index in [-0.39, 0.29) is 0 Å². The molecule has 1 fully saturated rings. The summed E-state index contributed by atoms with van der Waals surface area (Å²) >= 11 is 0. The lowest BCUT2D eigenvalue weighted by Gasteiger charge is -2.32. The minimum atomic E-state index is -0.713. The number of likely N-dealkylation sites (tertiary alicyclic amines) is 1. The van der Waals surface area contributed by atoms with Crippen LogP contribution >= 0.6 is 0 Å². The smallest absolute Gasteiger partial charge is 0.309 e. The van der Waals surface area contributed by atoms with Crippen LogP contribution in [0.5, 0.6) is 5.75 Å². The zero-order valence-corrected chi connectivity index (χ0v) is 17.7. The molecule has 0 saturated carbocycles. The predicted molar refractivity (Wildman–Crippen MR) is 116 cm³/mol. The number of carbonyl (C=O) groups is 1. The van der Waals surface area contributed by atoms with E-state index >= 15 is 0 Å². The fourth-order valence-corrected chi connectivity index (χ4v) is 4.61. The monoisotopic (exact) mass is 393 g/mol. The quantitative estimate of drug-likeness (QED) is 0.788. The molecule has 4 nitrogen and oxygen atoms in total. The van der Waals surface area contributed by atoms with Gasteiger partial charge in [-0.25, -0.2) is 0 Å². The summed E-state index contributed by atoms with van der Waals surface area (Å²) in [6, 6.07) is 8.43. The van der Waals surface area contributed by atoms with Crippen LogP contribution in [0.25, 0.3) is 5.57 Å². The highest BCUT2D eigenvalue weighted by molar-refractivity contribution is 5.80. The molecule has 2 aliphatic heterocycles. The molecule has 1 atom stereocenters. The van der Waals surface area contributed by atoms with Gasteiger partial charge in [0.25, 0.3) is 0 Å². The number of hydrogen-bond donors (Lipinski definition) is 1. The van der Waals surface area contributed by atoms with Gasteiger partial charge in [-0.05, 0) is 63.8 Å². The van der Waals surface area contributed by atoms with Gasteiger partial charge in [-0.15, -0.1) is 0 Å². The van der Waals surface area contributed by atoms with Gasteiger partial charge in [-0.3, -0.25) is 4.79 Å². The van der Waals surface area contributed by atoms with Crippen molar-refractivity contribution in [3.63, 3.8) is 0 Å². The van der Waals surface area contributed by atoms with E-state index in [0.29, 0.717) is 18.9 Å². The van der Waals surface area contributed by atoms with Gasteiger partial charge in [0.05, 0.1) is 5.41 Å². The van der Waals surface area contributed by atoms with Crippen molar-refractivity contribution < 1.29 is 14.6 Å². The second kappa shape index (κ2) is 7.83. The van der Waals surface area contributed by atoms with Crippen molar-refractivity contribution >= 4 is 11.5 Å². The molecule has 1 saturated heterocycles. The van der Waals surface area contributed by atoms with E-state index in [4.69, 9.17) is 4.74 Å². The van der Waals surface area contributed by atoms with Gasteiger partial charge in [0.1, 0.15) is 12.4 Å². The Morgan fingerprint density at radius 2 is 1.97 bits per heavy atom. The highest BCUT2D eigenvalue weighted by atomic mass is 16.5. The molecular formula is C25H31NO3. The van der Waals surface area contributed by atoms with E-state index in [1.165, 1.54) is 27.9 Å². The number of fused-ring (bicyclic) bond motifs is 2. The van der Waals surface area contributed by atoms with Crippen molar-refractivity contribution in [2.24, 2.45) is 11.3 Å². The topological polar surface area (TPSA) is 49.8 Å². The molecular weight excluding hydrogens is 362 g/mol. The molecule has 4 heteroatoms. The lowest BCUT2D eigenvalue weighted by atomic mass is 9.82. The maximum atomic E-state index is 11.4. The fraction of sp³-hybridized carbons (Fsp3) is 0.480. The van der Waals surface area contributed by atoms with Crippen molar-refractivity contribution in [3.05, 3.63) is 58.7 Å². The van der Waals surface area contributed by atoms with E-state index in [9.17, 15) is 9.90 Å². The van der Waals surface area contributed by atoms with Gasteiger partial charge in [-0.1, -0.05) is 41.5 Å². The number of rotatable bonds is 4. The molecule has 3 aliphatic rings. The highest BCUT2D eigenvalue weighted by Crippen LogP contribution is 2.45. The van der Waals surface area contributed by atoms with Crippen LogP contribution in [-0.4, -0.2) is 42.2 Å². The van der Waals surface area contributed by atoms with Crippen molar-refractivity contribution in [2.45, 2.75) is 40.0 Å². The number of ether oxygens (including phenoxy) is 1. The predicted octanol–water partition coefficient (Wildman–Crippen LogP) is 4.93. The van der Waals surface area contributed by atoms with Crippen LogP contribution in [-0.2, 0) is 4.79 Å². The van der Waals surface area contributed by atoms with Crippen molar-refractivity contribution in [1.82, 2.24) is 4.90 Å². The molecule has 1 unspecified atom stereocenters. The van der Waals surface area contributed by atoms with E-state index in [1.807, 2.05) is 19.9 Å². The minimum Gasteiger partial charge on any atom is -0.489 e. The maximum absolute atomic E-state index is 11.4. The summed E-state index contributed by atoms with van der Waals surface area (Å²) in [6.45, 7) is 9.29. The van der Waals surface area contributed by atoms with Crippen molar-refractivity contribution in [2.75, 3.05) is 26.2 Å². The van der Waals surface area contributed by atoms with Crippen LogP contribution in [0.1, 0.15) is 45.6 Å². The summed E-state index contributed by atoms with van der Waals surface area (Å²) in [5, 5.41) is 9.36. The minimum absolute atomic E-state index is 0.325. The molecule has 1 N–H and O–H groups in total. The molecule has 29 heavy (non-hydrogen) atoms. The summed E-state index contributed by atoms with van der Waals surface area (Å²) in [6.07, 6.45) is 7.41. The lowest BCUT2D eigenvalue weighted by Crippen LogP contribution is -2.36. The molecule has 0 radical (unpaired) electrons. The Hall–Kier alpha value is -2.33. The zero-order chi connectivity index (χ0) is 20.6. The second-order valence-electron chi connectivity index (χ2n) is 9.19. The van der Waals surface area contributed by atoms with Crippen molar-refractivity contribution in [1.29, 1.82) is 0 Å². The third-order valence-electron chi connectivity index (χ3n) is 6.60. The van der Waals surface area contributed by atoms with Crippen molar-refractivity contribution in [3.8, 4) is 5.75 Å². The molecule has 0 spiro atoms. The van der Waals surface area contributed by atoms with E-state index in [0.717, 1.165) is 38.2 Å². The standard InChI is InChI=1S/C25H31NO3/c1-17-14-19-16-29-22-7-5-4-6-20(22)23(21(19)15-17)18-8-11-26(12-9-18)13-10-25(2,3)24(27)28/h4-7,14-15,21H,8-13,16H2,1-3H3,(H,27,28). The number of carboxylic acid groups (broad SMARTS) is 1. The molecule has 2 heterocycles. The lowest BCUT2D eigenvalue weighted by molar-refractivity contribution is -0.147. The van der Waals surface area contributed by atoms with Gasteiger partial charge >= 0.3 is 5.97 Å². The highest BCUT2D eigenvalue weighted by Gasteiger charge is 2.32. The maximum Gasteiger partial charge on any atom is 0.309 e. The average Bonchev–Trinajstić information content (AvgIpc) is 2.99. The number of nitrogens with zero attached hydrogens (tertiary/aromatic N) is 1. The largest absolute Gasteiger partial charge is 0.489 e. The Morgan fingerprint density at radius 1 is 1.24 bits per heavy atom. The normalized spacial score (nSPS) is 22.2. The molecule has 1 aliphatic carbocycles. The van der Waals surface area contributed by atoms with Gasteiger partial charge in [0.2, 0.25) is 0 Å². The zero-order valence-electron chi connectivity index (χ0n) is 17.7. The van der Waals surface area contributed by atoms with Crippen LogP contribution in [0, 0.1) is 11.3 Å². The molecule has 154 valence electrons. The van der Waals surface area contributed by atoms with Gasteiger partial charge < -0.3 is 14.7 Å². The molecule has 1 aromatic carbocycles. The SMILES string of the molecule is CC1=CC2C(=C1)COc1ccccc1C2=C1CCN(CCC(C)(C)C(=O)O)CC1. The van der Waals surface area contributed by atoms with E-state index in [1.54, 1.807) is 0 Å². The summed E-state index contributed by atoms with van der Waals surface area (Å²) < 4.78 is 6.15. The van der Waals surface area contributed by atoms with Gasteiger partial charge in [-0.2, -0.15) is 0 Å². The number of aliphatic carboxylic acids is 1. The average molecular weight is 394 g/mol. The van der Waals surface area contributed by atoms with Gasteiger partial charge in [0, 0.05) is 24.6 Å². The van der Waals surface area contributed by atoms with Crippen LogP contribution < -0.4 is 4.74 Å². The summed E-state index contributed by atoms with van der Waals surface area (Å²) in [4.78, 5) is 13.8. The first-order chi connectivity index (χ1) is 13.8. The number of benzene rings is 1. The third kappa shape index (κ3) is 4.04. The Labute approximate surface area is 173 Å². The van der Waals surface area contributed by atoms with Gasteiger partial charge in [0.15, 0.2) is 0 Å². The molecule has 1 aromatic rings. The van der Waals surface area contributed by atoms with Crippen LogP contribution in [0.15, 0.2) is 53.1 Å². The van der Waals surface area contributed by atoms with E-state index < -0.39 is 11.4 Å². The Bertz CT molecular complexity index is 896. The summed E-state index contributed by atoms with van der Waals surface area (Å²) in [5.74, 6) is 0.600. The molecule has 0 aromatic heterocycles. The summed E-state index contributed by atoms with van der Waals surface area (Å²) in [5.41, 5.74) is 6.21. The number of allylic oxidation sites excluding steroid dienone is 4.